The van der Waals surface area contributed by atoms with E-state index in [-0.39, 0.29) is 18.1 Å². The third kappa shape index (κ3) is 3.69. The van der Waals surface area contributed by atoms with Crippen molar-refractivity contribution in [3.8, 4) is 0 Å². The Morgan fingerprint density at radius 2 is 1.88 bits per heavy atom. The Balaban J connectivity index is 2.47. The maximum Gasteiger partial charge on any atom is 0.490 e. The zero-order valence-electron chi connectivity index (χ0n) is 9.50. The number of halogens is 3. The summed E-state index contributed by atoms with van der Waals surface area (Å²) >= 11 is 0. The summed E-state index contributed by atoms with van der Waals surface area (Å²) in [4.78, 5) is 22.1. The molecule has 1 aliphatic rings. The first kappa shape index (κ1) is 14.0. The molecule has 4 nitrogen and oxygen atoms in total. The molecular weight excluding hydrogens is 239 g/mol. The van der Waals surface area contributed by atoms with E-state index in [1.165, 1.54) is 0 Å². The zero-order valence-corrected chi connectivity index (χ0v) is 9.50. The number of carbonyl (C=O) groups excluding carboxylic acids is 2. The first-order valence-corrected chi connectivity index (χ1v) is 5.29. The van der Waals surface area contributed by atoms with E-state index >= 15 is 0 Å². The molecule has 0 bridgehead atoms. The van der Waals surface area contributed by atoms with Crippen molar-refractivity contribution in [1.29, 1.82) is 0 Å². The van der Waals surface area contributed by atoms with Crippen LogP contribution in [0.2, 0.25) is 0 Å². The van der Waals surface area contributed by atoms with Gasteiger partial charge in [0.15, 0.2) is 12.0 Å². The molecule has 2 atom stereocenters. The molecule has 98 valence electrons. The van der Waals surface area contributed by atoms with Crippen LogP contribution in [0.5, 0.6) is 0 Å². The van der Waals surface area contributed by atoms with Crippen LogP contribution in [-0.2, 0) is 14.3 Å². The minimum Gasteiger partial charge on any atom is -0.440 e. The van der Waals surface area contributed by atoms with Crippen LogP contribution in [0.1, 0.15) is 26.7 Å². The monoisotopic (exact) mass is 253 g/mol. The molecule has 0 aliphatic carbocycles. The summed E-state index contributed by atoms with van der Waals surface area (Å²) < 4.78 is 40.0. The van der Waals surface area contributed by atoms with E-state index in [9.17, 15) is 22.8 Å². The molecule has 1 aliphatic heterocycles. The number of hydrogen-bond acceptors (Lipinski definition) is 4. The predicted molar refractivity (Wildman–Crippen MR) is 51.9 cm³/mol. The van der Waals surface area contributed by atoms with E-state index in [0.29, 0.717) is 6.42 Å². The smallest absolute Gasteiger partial charge is 0.440 e. The standard InChI is InChI=1S/C10H14F3NO3/c1-5(2)8(15)6-3-4-7(14-6)17-9(16)10(11,12)13/h5-7,14H,3-4H2,1-2H3. The molecule has 1 rings (SSSR count). The summed E-state index contributed by atoms with van der Waals surface area (Å²) in [6, 6.07) is -0.527. The number of ketones is 1. The van der Waals surface area contributed by atoms with Gasteiger partial charge in [-0.3, -0.25) is 10.1 Å². The minimum absolute atomic E-state index is 0.0874. The largest absolute Gasteiger partial charge is 0.490 e. The van der Waals surface area contributed by atoms with Crippen molar-refractivity contribution in [3.05, 3.63) is 0 Å². The van der Waals surface area contributed by atoms with Crippen LogP contribution in [0.4, 0.5) is 13.2 Å². The van der Waals surface area contributed by atoms with Crippen LogP contribution in [0, 0.1) is 5.92 Å². The SMILES string of the molecule is CC(C)C(=O)C1CCC(OC(=O)C(F)(F)F)N1. The lowest BCUT2D eigenvalue weighted by molar-refractivity contribution is -0.205. The van der Waals surface area contributed by atoms with Gasteiger partial charge >= 0.3 is 12.1 Å². The quantitative estimate of drug-likeness (QED) is 0.772. The van der Waals surface area contributed by atoms with E-state index < -0.39 is 24.4 Å². The number of esters is 1. The predicted octanol–water partition coefficient (Wildman–Crippen LogP) is 1.40. The Morgan fingerprint density at radius 1 is 1.29 bits per heavy atom. The van der Waals surface area contributed by atoms with Gasteiger partial charge in [0.2, 0.25) is 0 Å². The fraction of sp³-hybridized carbons (Fsp3) is 0.800. The van der Waals surface area contributed by atoms with Gasteiger partial charge in [-0.1, -0.05) is 13.8 Å². The maximum atomic E-state index is 11.9. The number of carbonyl (C=O) groups is 2. The topological polar surface area (TPSA) is 55.4 Å². The van der Waals surface area contributed by atoms with Crippen molar-refractivity contribution in [1.82, 2.24) is 5.32 Å². The Hall–Kier alpha value is -1.11. The average Bonchev–Trinajstić information content (AvgIpc) is 2.63. The van der Waals surface area contributed by atoms with E-state index in [2.05, 4.69) is 10.1 Å². The second-order valence-corrected chi connectivity index (χ2v) is 4.25. The van der Waals surface area contributed by atoms with Gasteiger partial charge in [-0.15, -0.1) is 0 Å². The van der Waals surface area contributed by atoms with Gasteiger partial charge < -0.3 is 4.74 Å². The first-order chi connectivity index (χ1) is 7.71. The van der Waals surface area contributed by atoms with Gasteiger partial charge in [-0.25, -0.2) is 4.79 Å². The van der Waals surface area contributed by atoms with Crippen LogP contribution >= 0.6 is 0 Å². The summed E-state index contributed by atoms with van der Waals surface area (Å²) in [5, 5.41) is 2.58. The fourth-order valence-corrected chi connectivity index (χ4v) is 1.62. The summed E-state index contributed by atoms with van der Waals surface area (Å²) in [5.74, 6) is -2.52. The zero-order chi connectivity index (χ0) is 13.2. The van der Waals surface area contributed by atoms with E-state index in [4.69, 9.17) is 0 Å². The highest BCUT2D eigenvalue weighted by Crippen LogP contribution is 2.22. The number of nitrogens with one attached hydrogen (secondary N) is 1. The fourth-order valence-electron chi connectivity index (χ4n) is 1.62. The van der Waals surface area contributed by atoms with Crippen molar-refractivity contribution >= 4 is 11.8 Å². The number of ether oxygens (including phenoxy) is 1. The van der Waals surface area contributed by atoms with Gasteiger partial charge in [0.1, 0.15) is 0 Å². The molecule has 0 radical (unpaired) electrons. The van der Waals surface area contributed by atoms with Gasteiger partial charge in [0.25, 0.3) is 0 Å². The maximum absolute atomic E-state index is 11.9. The highest BCUT2D eigenvalue weighted by molar-refractivity contribution is 5.86. The Morgan fingerprint density at radius 3 is 2.35 bits per heavy atom. The molecule has 1 fully saturated rings. The van der Waals surface area contributed by atoms with Crippen LogP contribution in [0.15, 0.2) is 0 Å². The van der Waals surface area contributed by atoms with Crippen molar-refractivity contribution in [3.63, 3.8) is 0 Å². The molecule has 0 amide bonds. The van der Waals surface area contributed by atoms with Gasteiger partial charge in [0.05, 0.1) is 6.04 Å². The number of hydrogen-bond donors (Lipinski definition) is 1. The molecule has 0 aromatic heterocycles. The Bertz CT molecular complexity index is 314. The Labute approximate surface area is 96.5 Å². The second kappa shape index (κ2) is 5.03. The number of alkyl halides is 3. The highest BCUT2D eigenvalue weighted by Gasteiger charge is 2.43. The van der Waals surface area contributed by atoms with Gasteiger partial charge in [0, 0.05) is 12.3 Å². The molecule has 1 N–H and O–H groups in total. The molecule has 0 aromatic carbocycles. The Kier molecular flexibility index (Phi) is 4.13. The molecular formula is C10H14F3NO3. The minimum atomic E-state index is -5.00. The molecule has 1 saturated heterocycles. The number of rotatable bonds is 3. The number of Topliss-reactive ketones (excluding diaryl/α,β-unsaturated/α-hetero) is 1. The van der Waals surface area contributed by atoms with Crippen molar-refractivity contribution in [2.45, 2.75) is 45.1 Å². The first-order valence-electron chi connectivity index (χ1n) is 5.29. The average molecular weight is 253 g/mol. The summed E-state index contributed by atoms with van der Waals surface area (Å²) in [6.07, 6.45) is -5.43. The van der Waals surface area contributed by atoms with Crippen molar-refractivity contribution in [2.75, 3.05) is 0 Å². The normalized spacial score (nSPS) is 25.1. The summed E-state index contributed by atoms with van der Waals surface area (Å²) in [7, 11) is 0. The van der Waals surface area contributed by atoms with E-state index in [1.54, 1.807) is 13.8 Å². The van der Waals surface area contributed by atoms with Crippen LogP contribution < -0.4 is 5.32 Å². The van der Waals surface area contributed by atoms with E-state index in [1.807, 2.05) is 0 Å². The molecule has 1 heterocycles. The lowest BCUT2D eigenvalue weighted by Crippen LogP contribution is -2.41. The molecule has 0 spiro atoms. The molecule has 7 heteroatoms. The molecule has 2 unspecified atom stereocenters. The van der Waals surface area contributed by atoms with Gasteiger partial charge in [-0.2, -0.15) is 13.2 Å². The summed E-state index contributed by atoms with van der Waals surface area (Å²) in [5.41, 5.74) is 0. The second-order valence-electron chi connectivity index (χ2n) is 4.25. The summed E-state index contributed by atoms with van der Waals surface area (Å²) in [6.45, 7) is 3.41. The van der Waals surface area contributed by atoms with Crippen molar-refractivity contribution < 1.29 is 27.5 Å². The lowest BCUT2D eigenvalue weighted by Gasteiger charge is -2.16. The van der Waals surface area contributed by atoms with Crippen LogP contribution in [-0.4, -0.2) is 30.2 Å². The third-order valence-electron chi connectivity index (χ3n) is 2.50. The van der Waals surface area contributed by atoms with Crippen LogP contribution in [0.25, 0.3) is 0 Å². The molecule has 17 heavy (non-hydrogen) atoms. The molecule has 0 aromatic rings. The third-order valence-corrected chi connectivity index (χ3v) is 2.50. The van der Waals surface area contributed by atoms with Crippen LogP contribution in [0.3, 0.4) is 0 Å². The lowest BCUT2D eigenvalue weighted by atomic mass is 10.0. The highest BCUT2D eigenvalue weighted by atomic mass is 19.4. The van der Waals surface area contributed by atoms with Crippen molar-refractivity contribution in [2.24, 2.45) is 5.92 Å². The van der Waals surface area contributed by atoms with Gasteiger partial charge in [-0.05, 0) is 6.42 Å². The van der Waals surface area contributed by atoms with E-state index in [0.717, 1.165) is 0 Å². The molecule has 0 saturated carbocycles.